The zero-order chi connectivity index (χ0) is 19.6. The summed E-state index contributed by atoms with van der Waals surface area (Å²) in [4.78, 5) is 36.7. The van der Waals surface area contributed by atoms with Crippen LogP contribution >= 0.6 is 0 Å². The van der Waals surface area contributed by atoms with Crippen molar-refractivity contribution in [2.45, 2.75) is 38.5 Å². The van der Waals surface area contributed by atoms with Gasteiger partial charge in [0.1, 0.15) is 0 Å². The van der Waals surface area contributed by atoms with Gasteiger partial charge in [0, 0.05) is 26.4 Å². The topological polar surface area (TPSA) is 132 Å². The number of carbonyl (C=O) groups is 3. The Morgan fingerprint density at radius 3 is 2.67 bits per heavy atom. The van der Waals surface area contributed by atoms with Crippen LogP contribution in [0.4, 0.5) is 5.69 Å². The first-order valence-electron chi connectivity index (χ1n) is 9.00. The number of ether oxygens (including phenoxy) is 2. The van der Waals surface area contributed by atoms with Crippen LogP contribution < -0.4 is 10.6 Å². The van der Waals surface area contributed by atoms with E-state index in [4.69, 9.17) is 9.47 Å². The number of carboxylic acid groups (broad SMARTS) is 1. The SMILES string of the molecule is CCn1cc(NC(=O)[C@H]2[C@@H](C(=O)O)[C@H]3CC[C@@H]2O3)c(C(=O)NCCOC)n1. The maximum atomic E-state index is 12.8. The number of fused-ring (bicyclic) bond motifs is 2. The minimum atomic E-state index is -1.04. The van der Waals surface area contributed by atoms with E-state index in [-0.39, 0.29) is 11.4 Å². The molecule has 0 unspecified atom stereocenters. The first-order valence-corrected chi connectivity index (χ1v) is 9.00. The van der Waals surface area contributed by atoms with E-state index in [1.807, 2.05) is 6.92 Å². The average Bonchev–Trinajstić information content (AvgIpc) is 3.35. The molecule has 0 spiro atoms. The van der Waals surface area contributed by atoms with Crippen molar-refractivity contribution in [3.8, 4) is 0 Å². The van der Waals surface area contributed by atoms with Crippen LogP contribution in [0.2, 0.25) is 0 Å². The Balaban J connectivity index is 1.76. The Kier molecular flexibility index (Phi) is 5.76. The highest BCUT2D eigenvalue weighted by Gasteiger charge is 2.55. The van der Waals surface area contributed by atoms with Gasteiger partial charge in [0.25, 0.3) is 5.91 Å². The Morgan fingerprint density at radius 1 is 1.33 bits per heavy atom. The summed E-state index contributed by atoms with van der Waals surface area (Å²) in [6.07, 6.45) is 2.03. The van der Waals surface area contributed by atoms with Crippen LogP contribution in [0, 0.1) is 11.8 Å². The second-order valence-electron chi connectivity index (χ2n) is 6.67. The molecular formula is C17H24N4O6. The Hall–Kier alpha value is -2.46. The molecule has 0 aliphatic carbocycles. The van der Waals surface area contributed by atoms with Gasteiger partial charge in [-0.3, -0.25) is 19.1 Å². The molecular weight excluding hydrogens is 356 g/mol. The van der Waals surface area contributed by atoms with E-state index in [1.54, 1.807) is 6.20 Å². The zero-order valence-electron chi connectivity index (χ0n) is 15.3. The van der Waals surface area contributed by atoms with Gasteiger partial charge >= 0.3 is 5.97 Å². The van der Waals surface area contributed by atoms with Crippen molar-refractivity contribution in [2.24, 2.45) is 11.8 Å². The predicted octanol–water partition coefficient (Wildman–Crippen LogP) is 0.0959. The van der Waals surface area contributed by atoms with E-state index in [1.165, 1.54) is 11.8 Å². The molecule has 10 heteroatoms. The van der Waals surface area contributed by atoms with E-state index in [0.29, 0.717) is 32.5 Å². The minimum Gasteiger partial charge on any atom is -0.481 e. The largest absolute Gasteiger partial charge is 0.481 e. The van der Waals surface area contributed by atoms with E-state index < -0.39 is 41.8 Å². The molecule has 3 rings (SSSR count). The maximum absolute atomic E-state index is 12.8. The van der Waals surface area contributed by atoms with Gasteiger partial charge in [-0.2, -0.15) is 5.10 Å². The minimum absolute atomic E-state index is 0.0808. The number of methoxy groups -OCH3 is 1. The molecule has 2 amide bonds. The van der Waals surface area contributed by atoms with Crippen molar-refractivity contribution in [1.82, 2.24) is 15.1 Å². The molecule has 2 aliphatic heterocycles. The van der Waals surface area contributed by atoms with Gasteiger partial charge in [0.15, 0.2) is 5.69 Å². The monoisotopic (exact) mass is 380 g/mol. The maximum Gasteiger partial charge on any atom is 0.310 e. The van der Waals surface area contributed by atoms with Crippen molar-refractivity contribution in [3.05, 3.63) is 11.9 Å². The molecule has 2 fully saturated rings. The third kappa shape index (κ3) is 3.81. The van der Waals surface area contributed by atoms with Crippen molar-refractivity contribution < 1.29 is 29.0 Å². The van der Waals surface area contributed by atoms with Gasteiger partial charge in [0.2, 0.25) is 5.91 Å². The molecule has 4 atom stereocenters. The first-order chi connectivity index (χ1) is 13.0. The van der Waals surface area contributed by atoms with Gasteiger partial charge in [-0.1, -0.05) is 0 Å². The first kappa shape index (κ1) is 19.3. The molecule has 2 saturated heterocycles. The third-order valence-electron chi connectivity index (χ3n) is 5.01. The smallest absolute Gasteiger partial charge is 0.310 e. The third-order valence-corrected chi connectivity index (χ3v) is 5.01. The number of nitrogens with zero attached hydrogens (tertiary/aromatic N) is 2. The van der Waals surface area contributed by atoms with Crippen LogP contribution in [0.25, 0.3) is 0 Å². The molecule has 0 radical (unpaired) electrons. The van der Waals surface area contributed by atoms with Crippen molar-refractivity contribution in [1.29, 1.82) is 0 Å². The van der Waals surface area contributed by atoms with Gasteiger partial charge in [-0.25, -0.2) is 0 Å². The van der Waals surface area contributed by atoms with Crippen LogP contribution in [0.5, 0.6) is 0 Å². The lowest BCUT2D eigenvalue weighted by atomic mass is 9.78. The van der Waals surface area contributed by atoms with E-state index in [2.05, 4.69) is 15.7 Å². The van der Waals surface area contributed by atoms with E-state index >= 15 is 0 Å². The number of nitrogens with one attached hydrogen (secondary N) is 2. The second kappa shape index (κ2) is 8.05. The summed E-state index contributed by atoms with van der Waals surface area (Å²) in [6.45, 7) is 3.03. The highest BCUT2D eigenvalue weighted by Crippen LogP contribution is 2.44. The summed E-state index contributed by atoms with van der Waals surface area (Å²) in [7, 11) is 1.53. The van der Waals surface area contributed by atoms with E-state index in [0.717, 1.165) is 0 Å². The molecule has 0 aromatic carbocycles. The summed E-state index contributed by atoms with van der Waals surface area (Å²) in [5.41, 5.74) is 0.334. The van der Waals surface area contributed by atoms with E-state index in [9.17, 15) is 19.5 Å². The van der Waals surface area contributed by atoms with Crippen LogP contribution in [-0.4, -0.2) is 65.1 Å². The molecule has 3 N–H and O–H groups in total. The van der Waals surface area contributed by atoms with Crippen molar-refractivity contribution in [2.75, 3.05) is 25.6 Å². The molecule has 3 heterocycles. The van der Waals surface area contributed by atoms with Crippen LogP contribution in [-0.2, 0) is 25.6 Å². The predicted molar refractivity (Wildman–Crippen MR) is 93.3 cm³/mol. The molecule has 27 heavy (non-hydrogen) atoms. The van der Waals surface area contributed by atoms with Gasteiger partial charge in [-0.05, 0) is 19.8 Å². The highest BCUT2D eigenvalue weighted by atomic mass is 16.5. The summed E-state index contributed by atoms with van der Waals surface area (Å²) < 4.78 is 12.1. The highest BCUT2D eigenvalue weighted by molar-refractivity contribution is 6.03. The molecule has 2 aliphatic rings. The van der Waals surface area contributed by atoms with Gasteiger partial charge in [-0.15, -0.1) is 0 Å². The van der Waals surface area contributed by atoms with Crippen molar-refractivity contribution >= 4 is 23.5 Å². The zero-order valence-corrected chi connectivity index (χ0v) is 15.3. The standard InChI is InChI=1S/C17H24N4O6/c1-3-21-8-9(14(20-21)16(23)18-6-7-26-2)19-15(22)12-10-4-5-11(27-10)13(12)17(24)25/h8,10-13H,3-7H2,1-2H3,(H,18,23)(H,19,22)(H,24,25)/t10-,11+,12+,13-/m0/s1. The van der Waals surface area contributed by atoms with Crippen molar-refractivity contribution in [3.63, 3.8) is 0 Å². The number of aryl methyl sites for hydroxylation is 1. The number of carbonyl (C=O) groups excluding carboxylic acids is 2. The molecule has 0 saturated carbocycles. The molecule has 2 bridgehead atoms. The fourth-order valence-electron chi connectivity index (χ4n) is 3.73. The van der Waals surface area contributed by atoms with Crippen LogP contribution in [0.3, 0.4) is 0 Å². The lowest BCUT2D eigenvalue weighted by molar-refractivity contribution is -0.147. The fourth-order valence-corrected chi connectivity index (χ4v) is 3.73. The number of aromatic nitrogens is 2. The summed E-state index contributed by atoms with van der Waals surface area (Å²) >= 11 is 0. The summed E-state index contributed by atoms with van der Waals surface area (Å²) in [5, 5.41) is 19.0. The average molecular weight is 380 g/mol. The number of aliphatic carboxylic acids is 1. The van der Waals surface area contributed by atoms with Crippen LogP contribution in [0.1, 0.15) is 30.3 Å². The Morgan fingerprint density at radius 2 is 2.04 bits per heavy atom. The summed E-state index contributed by atoms with van der Waals surface area (Å²) in [5.74, 6) is -3.59. The number of carboxylic acids is 1. The van der Waals surface area contributed by atoms with Gasteiger partial charge in [0.05, 0.1) is 36.3 Å². The molecule has 10 nitrogen and oxygen atoms in total. The number of hydrogen-bond donors (Lipinski definition) is 3. The van der Waals surface area contributed by atoms with Gasteiger partial charge < -0.3 is 25.2 Å². The normalized spacial score (nSPS) is 26.1. The molecule has 1 aromatic rings. The Labute approximate surface area is 156 Å². The molecule has 1 aromatic heterocycles. The fraction of sp³-hybridized carbons (Fsp3) is 0.647. The summed E-state index contributed by atoms with van der Waals surface area (Å²) in [6, 6.07) is 0. The second-order valence-corrected chi connectivity index (χ2v) is 6.67. The van der Waals surface area contributed by atoms with Crippen LogP contribution in [0.15, 0.2) is 6.20 Å². The lowest BCUT2D eigenvalue weighted by Crippen LogP contribution is -2.41. The lowest BCUT2D eigenvalue weighted by Gasteiger charge is -2.23. The number of rotatable bonds is 8. The Bertz CT molecular complexity index is 733. The quantitative estimate of drug-likeness (QED) is 0.545. The number of anilines is 1. The molecule has 148 valence electrons. The number of amides is 2. The number of hydrogen-bond acceptors (Lipinski definition) is 6.